The fraction of sp³-hybridized carbons (Fsp3) is 0.0400. The molecular weight excluding hydrogens is 438 g/mol. The summed E-state index contributed by atoms with van der Waals surface area (Å²) in [5.74, 6) is 0. The lowest BCUT2D eigenvalue weighted by Gasteiger charge is -2.21. The number of para-hydroxylation sites is 1. The van der Waals surface area contributed by atoms with E-state index in [9.17, 15) is 18.5 Å². The Hall–Kier alpha value is -4.01. The second kappa shape index (κ2) is 8.16. The van der Waals surface area contributed by atoms with Crippen LogP contribution in [0.4, 0.5) is 5.69 Å². The lowest BCUT2D eigenvalue weighted by atomic mass is 9.94. The molecule has 0 bridgehead atoms. The van der Waals surface area contributed by atoms with Crippen molar-refractivity contribution in [3.8, 4) is 0 Å². The number of benzene rings is 4. The standard InChI is InChI=1S/C25H19N3O4S/c29-28(30)18-12-14-19(15-13-18)33(31,32)27-25(23-16-26-24-11-4-3-9-21(23)24)22-10-5-7-17-6-1-2-8-20(17)22/h1-16,25-27H/t25-/m0/s1. The normalized spacial score (nSPS) is 12.7. The molecule has 0 amide bonds. The van der Waals surface area contributed by atoms with Gasteiger partial charge in [-0.2, -0.15) is 4.72 Å². The zero-order valence-electron chi connectivity index (χ0n) is 17.3. The predicted octanol–water partition coefficient (Wildman–Crippen LogP) is 5.30. The molecule has 0 aliphatic heterocycles. The summed E-state index contributed by atoms with van der Waals surface area (Å²) in [4.78, 5) is 13.6. The fourth-order valence-corrected chi connectivity index (χ4v) is 5.29. The van der Waals surface area contributed by atoms with Crippen LogP contribution in [0.5, 0.6) is 0 Å². The van der Waals surface area contributed by atoms with E-state index in [2.05, 4.69) is 9.71 Å². The van der Waals surface area contributed by atoms with Crippen LogP contribution >= 0.6 is 0 Å². The summed E-state index contributed by atoms with van der Waals surface area (Å²) in [6, 6.07) is 25.5. The Kier molecular flexibility index (Phi) is 5.16. The molecule has 1 atom stereocenters. The highest BCUT2D eigenvalue weighted by molar-refractivity contribution is 7.89. The number of hydrogen-bond acceptors (Lipinski definition) is 4. The van der Waals surface area contributed by atoms with E-state index in [4.69, 9.17) is 0 Å². The van der Waals surface area contributed by atoms with Gasteiger partial charge >= 0.3 is 0 Å². The Morgan fingerprint density at radius 2 is 1.45 bits per heavy atom. The maximum atomic E-state index is 13.4. The number of sulfonamides is 1. The van der Waals surface area contributed by atoms with Crippen LogP contribution < -0.4 is 4.72 Å². The Morgan fingerprint density at radius 3 is 2.21 bits per heavy atom. The number of nitro groups is 1. The minimum atomic E-state index is -4.00. The maximum Gasteiger partial charge on any atom is 0.269 e. The number of H-pyrrole nitrogens is 1. The molecule has 164 valence electrons. The second-order valence-electron chi connectivity index (χ2n) is 7.66. The molecular formula is C25H19N3O4S. The molecule has 0 spiro atoms. The van der Waals surface area contributed by atoms with Gasteiger partial charge in [0.05, 0.1) is 15.9 Å². The van der Waals surface area contributed by atoms with Gasteiger partial charge < -0.3 is 4.98 Å². The number of aromatic amines is 1. The summed E-state index contributed by atoms with van der Waals surface area (Å²) in [5.41, 5.74) is 2.32. The van der Waals surface area contributed by atoms with Crippen molar-refractivity contribution in [3.63, 3.8) is 0 Å². The summed E-state index contributed by atoms with van der Waals surface area (Å²) < 4.78 is 29.6. The van der Waals surface area contributed by atoms with Gasteiger partial charge in [0.2, 0.25) is 10.0 Å². The lowest BCUT2D eigenvalue weighted by molar-refractivity contribution is -0.384. The van der Waals surface area contributed by atoms with Crippen LogP contribution in [-0.2, 0) is 10.0 Å². The fourth-order valence-electron chi connectivity index (χ4n) is 4.10. The van der Waals surface area contributed by atoms with E-state index in [-0.39, 0.29) is 10.6 Å². The van der Waals surface area contributed by atoms with Gasteiger partial charge in [-0.3, -0.25) is 10.1 Å². The lowest BCUT2D eigenvalue weighted by Crippen LogP contribution is -2.29. The third-order valence-corrected chi connectivity index (χ3v) is 7.14. The van der Waals surface area contributed by atoms with Crippen molar-refractivity contribution >= 4 is 37.4 Å². The van der Waals surface area contributed by atoms with E-state index in [1.54, 1.807) is 0 Å². The predicted molar refractivity (Wildman–Crippen MR) is 128 cm³/mol. The van der Waals surface area contributed by atoms with E-state index in [0.29, 0.717) is 0 Å². The molecule has 5 rings (SSSR count). The zero-order chi connectivity index (χ0) is 23.0. The maximum absolute atomic E-state index is 13.4. The molecule has 0 fully saturated rings. The molecule has 0 radical (unpaired) electrons. The Morgan fingerprint density at radius 1 is 0.788 bits per heavy atom. The average Bonchev–Trinajstić information content (AvgIpc) is 3.26. The van der Waals surface area contributed by atoms with E-state index >= 15 is 0 Å². The number of aromatic nitrogens is 1. The number of nitro benzene ring substituents is 1. The third kappa shape index (κ3) is 3.86. The smallest absolute Gasteiger partial charge is 0.269 e. The van der Waals surface area contributed by atoms with E-state index in [1.165, 1.54) is 24.3 Å². The molecule has 1 aromatic heterocycles. The van der Waals surface area contributed by atoms with Gasteiger partial charge in [0.1, 0.15) is 0 Å². The molecule has 8 heteroatoms. The van der Waals surface area contributed by atoms with Crippen molar-refractivity contribution in [1.82, 2.24) is 9.71 Å². The van der Waals surface area contributed by atoms with E-state index < -0.39 is 21.0 Å². The highest BCUT2D eigenvalue weighted by Gasteiger charge is 2.26. The van der Waals surface area contributed by atoms with Crippen LogP contribution in [0.1, 0.15) is 17.2 Å². The number of nitrogens with zero attached hydrogens (tertiary/aromatic N) is 1. The number of nitrogens with one attached hydrogen (secondary N) is 2. The van der Waals surface area contributed by atoms with Gasteiger partial charge in [-0.1, -0.05) is 60.7 Å². The van der Waals surface area contributed by atoms with Crippen LogP contribution in [0, 0.1) is 10.1 Å². The molecule has 5 aromatic rings. The summed E-state index contributed by atoms with van der Waals surface area (Å²) >= 11 is 0. The number of hydrogen-bond donors (Lipinski definition) is 2. The van der Waals surface area contributed by atoms with Gasteiger partial charge in [-0.05, 0) is 40.1 Å². The first-order valence-electron chi connectivity index (χ1n) is 10.2. The second-order valence-corrected chi connectivity index (χ2v) is 9.38. The van der Waals surface area contributed by atoms with Gasteiger partial charge in [0.25, 0.3) is 5.69 Å². The molecule has 4 aromatic carbocycles. The summed E-state index contributed by atoms with van der Waals surface area (Å²) in [6.07, 6.45) is 1.81. The Bertz CT molecular complexity index is 1590. The van der Waals surface area contributed by atoms with Gasteiger partial charge in [-0.25, -0.2) is 8.42 Å². The third-order valence-electron chi connectivity index (χ3n) is 5.70. The van der Waals surface area contributed by atoms with Crippen molar-refractivity contribution in [2.24, 2.45) is 0 Å². The molecule has 0 aliphatic rings. The number of fused-ring (bicyclic) bond motifs is 2. The molecule has 1 heterocycles. The van der Waals surface area contributed by atoms with Gasteiger partial charge in [0, 0.05) is 29.2 Å². The first-order chi connectivity index (χ1) is 15.9. The van der Waals surface area contributed by atoms with E-state index in [0.717, 1.165) is 32.8 Å². The van der Waals surface area contributed by atoms with Crippen molar-refractivity contribution < 1.29 is 13.3 Å². The molecule has 0 saturated heterocycles. The molecule has 33 heavy (non-hydrogen) atoms. The van der Waals surface area contributed by atoms with Gasteiger partial charge in [0.15, 0.2) is 0 Å². The quantitative estimate of drug-likeness (QED) is 0.267. The van der Waals surface area contributed by atoms with Gasteiger partial charge in [-0.15, -0.1) is 0 Å². The minimum absolute atomic E-state index is 0.0434. The Balaban J connectivity index is 1.66. The largest absolute Gasteiger partial charge is 0.361 e. The molecule has 0 unspecified atom stereocenters. The number of rotatable bonds is 6. The van der Waals surface area contributed by atoms with Crippen LogP contribution in [0.3, 0.4) is 0 Å². The van der Waals surface area contributed by atoms with Crippen molar-refractivity contribution in [1.29, 1.82) is 0 Å². The highest BCUT2D eigenvalue weighted by Crippen LogP contribution is 2.34. The summed E-state index contributed by atoms with van der Waals surface area (Å²) in [7, 11) is -4.00. The average molecular weight is 458 g/mol. The zero-order valence-corrected chi connectivity index (χ0v) is 18.1. The topological polar surface area (TPSA) is 105 Å². The van der Waals surface area contributed by atoms with Crippen LogP contribution in [0.25, 0.3) is 21.7 Å². The molecule has 2 N–H and O–H groups in total. The monoisotopic (exact) mass is 457 g/mol. The van der Waals surface area contributed by atoms with Crippen molar-refractivity contribution in [2.75, 3.05) is 0 Å². The molecule has 7 nitrogen and oxygen atoms in total. The van der Waals surface area contributed by atoms with Crippen LogP contribution in [-0.4, -0.2) is 18.3 Å². The first-order valence-corrected chi connectivity index (χ1v) is 11.7. The molecule has 0 aliphatic carbocycles. The SMILES string of the molecule is O=[N+]([O-])c1ccc(S(=O)(=O)N[C@@H](c2cccc3ccccc23)c2c[nH]c3ccccc23)cc1. The van der Waals surface area contributed by atoms with E-state index in [1.807, 2.05) is 72.9 Å². The first kappa shape index (κ1) is 20.9. The summed E-state index contributed by atoms with van der Waals surface area (Å²) in [6.45, 7) is 0. The van der Waals surface area contributed by atoms with Crippen LogP contribution in [0.15, 0.2) is 102 Å². The number of non-ortho nitro benzene ring substituents is 1. The van der Waals surface area contributed by atoms with Crippen molar-refractivity contribution in [2.45, 2.75) is 10.9 Å². The Labute approximate surface area is 189 Å². The highest BCUT2D eigenvalue weighted by atomic mass is 32.2. The van der Waals surface area contributed by atoms with Crippen LogP contribution in [0.2, 0.25) is 0 Å². The van der Waals surface area contributed by atoms with Crippen molar-refractivity contribution in [3.05, 3.63) is 118 Å². The molecule has 0 saturated carbocycles. The minimum Gasteiger partial charge on any atom is -0.361 e. The summed E-state index contributed by atoms with van der Waals surface area (Å²) in [5, 5.41) is 13.8.